The maximum atomic E-state index is 12.8. The average molecular weight is 487 g/mol. The summed E-state index contributed by atoms with van der Waals surface area (Å²) in [5.74, 6) is -0.770. The van der Waals surface area contributed by atoms with Gasteiger partial charge in [-0.15, -0.1) is 0 Å². The van der Waals surface area contributed by atoms with Gasteiger partial charge >= 0.3 is 11.9 Å². The summed E-state index contributed by atoms with van der Waals surface area (Å²) in [5.41, 5.74) is -0.474. The van der Waals surface area contributed by atoms with E-state index in [2.05, 4.69) is 40.7 Å². The molecule has 9 atom stereocenters. The number of aliphatic hydroxyl groups excluding tert-OH is 1. The lowest BCUT2D eigenvalue weighted by Gasteiger charge is -2.71. The molecule has 4 unspecified atom stereocenters. The van der Waals surface area contributed by atoms with Crippen molar-refractivity contribution in [1.82, 2.24) is 0 Å². The predicted molar refractivity (Wildman–Crippen MR) is 135 cm³/mol. The molecule has 0 heterocycles. The van der Waals surface area contributed by atoms with Gasteiger partial charge in [0.1, 0.15) is 0 Å². The normalized spacial score (nSPS) is 52.7. The van der Waals surface area contributed by atoms with Gasteiger partial charge < -0.3 is 15.3 Å². The Morgan fingerprint density at radius 1 is 0.829 bits per heavy atom. The molecule has 4 fully saturated rings. The van der Waals surface area contributed by atoms with Gasteiger partial charge in [-0.3, -0.25) is 9.59 Å². The Morgan fingerprint density at radius 3 is 2.11 bits per heavy atom. The standard InChI is InChI=1S/C30H46O5/c1-25(2)20-9-12-29(6)21(27(20,4)11-10-22(25)31)8-7-18-19-17-26(3,23(32)33)13-15-30(19,24(34)35)16-14-28(18,29)5/h7,19-22,31H,8-17H2,1-6H3,(H,32,33)(H,34,35)/t19?,20?,21?,22-,26+,27-,28?,29+,30-/m0/s1. The first-order valence-corrected chi connectivity index (χ1v) is 13.9. The van der Waals surface area contributed by atoms with Crippen molar-refractivity contribution in [2.45, 2.75) is 112 Å². The largest absolute Gasteiger partial charge is 0.481 e. The quantitative estimate of drug-likeness (QED) is 0.398. The summed E-state index contributed by atoms with van der Waals surface area (Å²) in [7, 11) is 0. The molecular weight excluding hydrogens is 440 g/mol. The van der Waals surface area contributed by atoms with E-state index in [1.54, 1.807) is 0 Å². The Bertz CT molecular complexity index is 983. The first kappa shape index (κ1) is 25.3. The third-order valence-corrected chi connectivity index (χ3v) is 13.3. The lowest BCUT2D eigenvalue weighted by Crippen LogP contribution is -2.65. The molecule has 0 radical (unpaired) electrons. The van der Waals surface area contributed by atoms with Gasteiger partial charge in [-0.05, 0) is 111 Å². The van der Waals surface area contributed by atoms with Crippen molar-refractivity contribution in [1.29, 1.82) is 0 Å². The minimum Gasteiger partial charge on any atom is -0.481 e. The number of fused-ring (bicyclic) bond motifs is 7. The van der Waals surface area contributed by atoms with Crippen LogP contribution in [0.2, 0.25) is 0 Å². The number of rotatable bonds is 2. The lowest BCUT2D eigenvalue weighted by atomic mass is 9.33. The second-order valence-corrected chi connectivity index (χ2v) is 14.8. The van der Waals surface area contributed by atoms with Crippen LogP contribution in [0.15, 0.2) is 11.6 Å². The van der Waals surface area contributed by atoms with Gasteiger partial charge in [0.2, 0.25) is 0 Å². The van der Waals surface area contributed by atoms with E-state index in [1.807, 2.05) is 6.92 Å². The SMILES string of the molecule is CC1(C)C2CC[C@]3(C)C(CC=C4C5C[C@](C)(C(=O)O)CC[C@]5(C(=O)O)CCC43C)[C@@]2(C)CC[C@@H]1O. The number of hydrogen-bond donors (Lipinski definition) is 3. The summed E-state index contributed by atoms with van der Waals surface area (Å²) in [5, 5.41) is 31.4. The number of hydrogen-bond acceptors (Lipinski definition) is 3. The van der Waals surface area contributed by atoms with Crippen LogP contribution in [0.3, 0.4) is 0 Å². The van der Waals surface area contributed by atoms with Crippen LogP contribution < -0.4 is 0 Å². The number of aliphatic hydroxyl groups is 1. The van der Waals surface area contributed by atoms with Crippen molar-refractivity contribution in [3.05, 3.63) is 11.6 Å². The minimum atomic E-state index is -0.867. The summed E-state index contributed by atoms with van der Waals surface area (Å²) >= 11 is 0. The van der Waals surface area contributed by atoms with Crippen molar-refractivity contribution >= 4 is 11.9 Å². The van der Waals surface area contributed by atoms with Crippen molar-refractivity contribution in [2.75, 3.05) is 0 Å². The van der Waals surface area contributed by atoms with E-state index in [-0.39, 0.29) is 33.7 Å². The van der Waals surface area contributed by atoms with E-state index < -0.39 is 22.8 Å². The van der Waals surface area contributed by atoms with E-state index >= 15 is 0 Å². The van der Waals surface area contributed by atoms with Crippen LogP contribution in [0.25, 0.3) is 0 Å². The van der Waals surface area contributed by atoms with Gasteiger partial charge in [0, 0.05) is 0 Å². The molecule has 0 aliphatic heterocycles. The fraction of sp³-hybridized carbons (Fsp3) is 0.867. The highest BCUT2D eigenvalue weighted by Gasteiger charge is 2.69. The number of carbonyl (C=O) groups is 2. The zero-order valence-electron chi connectivity index (χ0n) is 22.6. The fourth-order valence-corrected chi connectivity index (χ4v) is 10.6. The molecule has 0 saturated heterocycles. The van der Waals surface area contributed by atoms with Crippen LogP contribution in [0.1, 0.15) is 106 Å². The van der Waals surface area contributed by atoms with Crippen LogP contribution in [0, 0.1) is 50.2 Å². The molecule has 5 aliphatic rings. The van der Waals surface area contributed by atoms with E-state index in [9.17, 15) is 24.9 Å². The molecule has 5 aliphatic carbocycles. The summed E-state index contributed by atoms with van der Waals surface area (Å²) in [4.78, 5) is 25.0. The van der Waals surface area contributed by atoms with Gasteiger partial charge in [-0.2, -0.15) is 0 Å². The Labute approximate surface area is 210 Å². The third-order valence-electron chi connectivity index (χ3n) is 13.3. The van der Waals surface area contributed by atoms with Crippen molar-refractivity contribution in [2.24, 2.45) is 50.2 Å². The highest BCUT2D eigenvalue weighted by atomic mass is 16.4. The molecule has 5 nitrogen and oxygen atoms in total. The van der Waals surface area contributed by atoms with Crippen LogP contribution in [-0.4, -0.2) is 33.4 Å². The number of allylic oxidation sites excluding steroid dienone is 2. The van der Waals surface area contributed by atoms with Gasteiger partial charge in [0.05, 0.1) is 16.9 Å². The van der Waals surface area contributed by atoms with Crippen LogP contribution in [0.4, 0.5) is 0 Å². The highest BCUT2D eigenvalue weighted by molar-refractivity contribution is 5.79. The maximum absolute atomic E-state index is 12.8. The molecule has 0 aromatic rings. The Balaban J connectivity index is 1.60. The molecule has 0 amide bonds. The van der Waals surface area contributed by atoms with Crippen molar-refractivity contribution < 1.29 is 24.9 Å². The number of carboxylic acid groups (broad SMARTS) is 2. The molecule has 0 aromatic heterocycles. The van der Waals surface area contributed by atoms with Gasteiger partial charge in [0.25, 0.3) is 0 Å². The molecule has 4 saturated carbocycles. The number of aliphatic carboxylic acids is 2. The van der Waals surface area contributed by atoms with Crippen molar-refractivity contribution in [3.63, 3.8) is 0 Å². The monoisotopic (exact) mass is 486 g/mol. The Kier molecular flexibility index (Phi) is 5.32. The summed E-state index contributed by atoms with van der Waals surface area (Å²) < 4.78 is 0. The molecule has 0 bridgehead atoms. The lowest BCUT2D eigenvalue weighted by molar-refractivity contribution is -0.206. The Hall–Kier alpha value is -1.36. The fourth-order valence-electron chi connectivity index (χ4n) is 10.6. The molecule has 5 heteroatoms. The van der Waals surface area contributed by atoms with Crippen molar-refractivity contribution in [3.8, 4) is 0 Å². The zero-order chi connectivity index (χ0) is 25.8. The second-order valence-electron chi connectivity index (χ2n) is 14.8. The van der Waals surface area contributed by atoms with E-state index in [1.165, 1.54) is 5.57 Å². The van der Waals surface area contributed by atoms with Gasteiger partial charge in [0.15, 0.2) is 0 Å². The minimum absolute atomic E-state index is 0.0441. The smallest absolute Gasteiger partial charge is 0.310 e. The van der Waals surface area contributed by atoms with Crippen LogP contribution >= 0.6 is 0 Å². The Morgan fingerprint density at radius 2 is 1.49 bits per heavy atom. The van der Waals surface area contributed by atoms with Crippen LogP contribution in [-0.2, 0) is 9.59 Å². The first-order valence-electron chi connectivity index (χ1n) is 13.9. The molecule has 0 spiro atoms. The molecular formula is C30H46O5. The molecule has 5 rings (SSSR count). The average Bonchev–Trinajstić information content (AvgIpc) is 2.77. The predicted octanol–water partition coefficient (Wildman–Crippen LogP) is 6.30. The zero-order valence-corrected chi connectivity index (χ0v) is 22.6. The topological polar surface area (TPSA) is 94.8 Å². The van der Waals surface area contributed by atoms with E-state index in [4.69, 9.17) is 0 Å². The molecule has 35 heavy (non-hydrogen) atoms. The number of carboxylic acids is 2. The summed E-state index contributed by atoms with van der Waals surface area (Å²) in [6.07, 6.45) is 9.97. The van der Waals surface area contributed by atoms with Gasteiger partial charge in [-0.1, -0.05) is 46.3 Å². The van der Waals surface area contributed by atoms with Crippen LogP contribution in [0.5, 0.6) is 0 Å². The second kappa shape index (κ2) is 7.36. The molecule has 196 valence electrons. The molecule has 0 aromatic carbocycles. The summed E-state index contributed by atoms with van der Waals surface area (Å²) in [6.45, 7) is 13.7. The van der Waals surface area contributed by atoms with E-state index in [0.29, 0.717) is 37.5 Å². The maximum Gasteiger partial charge on any atom is 0.310 e. The van der Waals surface area contributed by atoms with Gasteiger partial charge in [-0.25, -0.2) is 0 Å². The highest BCUT2D eigenvalue weighted by Crippen LogP contribution is 2.75. The molecule has 3 N–H and O–H groups in total. The summed E-state index contributed by atoms with van der Waals surface area (Å²) in [6, 6.07) is 0. The van der Waals surface area contributed by atoms with E-state index in [0.717, 1.165) is 38.5 Å². The third kappa shape index (κ3) is 2.97. The first-order chi connectivity index (χ1) is 16.1.